The van der Waals surface area contributed by atoms with E-state index in [1.165, 1.54) is 11.8 Å². The Hall–Kier alpha value is -1.82. The van der Waals surface area contributed by atoms with Gasteiger partial charge in [-0.3, -0.25) is 4.79 Å². The van der Waals surface area contributed by atoms with Crippen molar-refractivity contribution in [1.82, 2.24) is 9.88 Å². The molecule has 0 aromatic carbocycles. The van der Waals surface area contributed by atoms with Crippen molar-refractivity contribution in [3.05, 3.63) is 18.3 Å². The third kappa shape index (κ3) is 2.47. The molecule has 3 N–H and O–H groups in total. The number of nitrogens with two attached hydrogens (primary N) is 1. The van der Waals surface area contributed by atoms with Crippen molar-refractivity contribution in [1.29, 1.82) is 0 Å². The average Bonchev–Trinajstić information content (AvgIpc) is 2.64. The van der Waals surface area contributed by atoms with Crippen LogP contribution in [0.25, 0.3) is 0 Å². The fraction of sp³-hybridized carbons (Fsp3) is 0.455. The monoisotopic (exact) mass is 237 g/mol. The zero-order valence-corrected chi connectivity index (χ0v) is 9.54. The van der Waals surface area contributed by atoms with E-state index in [4.69, 9.17) is 10.5 Å². The fourth-order valence-corrected chi connectivity index (χ4v) is 1.77. The minimum Gasteiger partial charge on any atom is -0.468 e. The predicted octanol–water partition coefficient (Wildman–Crippen LogP) is -0.366. The Morgan fingerprint density at radius 3 is 3.00 bits per heavy atom. The zero-order valence-electron chi connectivity index (χ0n) is 9.54. The number of hydrogen-bond donors (Lipinski definition) is 2. The first kappa shape index (κ1) is 11.7. The molecule has 0 bridgehead atoms. The van der Waals surface area contributed by atoms with Gasteiger partial charge < -0.3 is 20.5 Å². The second-order valence-electron chi connectivity index (χ2n) is 4.05. The van der Waals surface area contributed by atoms with E-state index < -0.39 is 12.2 Å². The van der Waals surface area contributed by atoms with Gasteiger partial charge in [-0.1, -0.05) is 0 Å². The summed E-state index contributed by atoms with van der Waals surface area (Å²) in [5, 5.41) is 9.77. The van der Waals surface area contributed by atoms with E-state index in [2.05, 4.69) is 4.98 Å². The van der Waals surface area contributed by atoms with Crippen LogP contribution in [0.2, 0.25) is 0 Å². The van der Waals surface area contributed by atoms with Gasteiger partial charge in [0.1, 0.15) is 12.2 Å². The van der Waals surface area contributed by atoms with Crippen molar-refractivity contribution >= 4 is 11.6 Å². The summed E-state index contributed by atoms with van der Waals surface area (Å²) in [5.74, 6) is 0.214. The van der Waals surface area contributed by atoms with Gasteiger partial charge >= 0.3 is 0 Å². The molecule has 1 aliphatic heterocycles. The van der Waals surface area contributed by atoms with Crippen molar-refractivity contribution < 1.29 is 14.6 Å². The van der Waals surface area contributed by atoms with E-state index in [-0.39, 0.29) is 12.5 Å². The van der Waals surface area contributed by atoms with Gasteiger partial charge in [-0.2, -0.15) is 0 Å². The molecule has 2 atom stereocenters. The van der Waals surface area contributed by atoms with Crippen LogP contribution in [0.3, 0.4) is 0 Å². The maximum Gasteiger partial charge on any atom is 0.237 e. The number of nitrogen functional groups attached to an aromatic ring is 1. The third-order valence-corrected chi connectivity index (χ3v) is 2.75. The lowest BCUT2D eigenvalue weighted by Gasteiger charge is -2.16. The van der Waals surface area contributed by atoms with Gasteiger partial charge in [-0.15, -0.1) is 0 Å². The molecule has 1 aliphatic rings. The standard InChI is InChI=1S/C11H15N3O3/c1-7(15)14-5-9(16)10(6-14)17-11-8(12)3-2-4-13-11/h2-4,9-10,16H,5-6,12H2,1H3. The molecule has 1 aromatic rings. The molecule has 92 valence electrons. The minimum atomic E-state index is -0.708. The topological polar surface area (TPSA) is 88.7 Å². The normalized spacial score (nSPS) is 23.8. The molecule has 2 unspecified atom stereocenters. The number of aromatic nitrogens is 1. The number of aliphatic hydroxyl groups is 1. The lowest BCUT2D eigenvalue weighted by atomic mass is 10.2. The molecule has 17 heavy (non-hydrogen) atoms. The van der Waals surface area contributed by atoms with Crippen molar-refractivity contribution in [3.63, 3.8) is 0 Å². The molecule has 0 aliphatic carbocycles. The Morgan fingerprint density at radius 2 is 2.41 bits per heavy atom. The first-order chi connectivity index (χ1) is 8.08. The predicted molar refractivity (Wildman–Crippen MR) is 61.3 cm³/mol. The molecular weight excluding hydrogens is 222 g/mol. The van der Waals surface area contributed by atoms with Crippen LogP contribution in [-0.2, 0) is 4.79 Å². The number of nitrogens with zero attached hydrogens (tertiary/aromatic N) is 2. The number of ether oxygens (including phenoxy) is 1. The molecule has 2 heterocycles. The number of likely N-dealkylation sites (tertiary alicyclic amines) is 1. The van der Waals surface area contributed by atoms with Crippen molar-refractivity contribution in [3.8, 4) is 5.88 Å². The molecule has 1 amide bonds. The van der Waals surface area contributed by atoms with Gasteiger partial charge in [0, 0.05) is 13.1 Å². The smallest absolute Gasteiger partial charge is 0.237 e. The Morgan fingerprint density at radius 1 is 1.65 bits per heavy atom. The van der Waals surface area contributed by atoms with Crippen LogP contribution in [0.4, 0.5) is 5.69 Å². The molecule has 1 aromatic heterocycles. The summed E-state index contributed by atoms with van der Waals surface area (Å²) in [7, 11) is 0. The van der Waals surface area contributed by atoms with Gasteiger partial charge in [0.2, 0.25) is 11.8 Å². The number of carbonyl (C=O) groups is 1. The molecule has 0 saturated carbocycles. The number of amides is 1. The lowest BCUT2D eigenvalue weighted by Crippen LogP contribution is -2.31. The minimum absolute atomic E-state index is 0.0795. The van der Waals surface area contributed by atoms with Crippen molar-refractivity contribution in [2.75, 3.05) is 18.8 Å². The molecule has 0 radical (unpaired) electrons. The second kappa shape index (κ2) is 4.58. The molecule has 1 fully saturated rings. The van der Waals surface area contributed by atoms with Crippen LogP contribution in [0.1, 0.15) is 6.92 Å². The highest BCUT2D eigenvalue weighted by molar-refractivity contribution is 5.73. The number of anilines is 1. The van der Waals surface area contributed by atoms with Crippen molar-refractivity contribution in [2.24, 2.45) is 0 Å². The Kier molecular flexibility index (Phi) is 3.14. The Bertz CT molecular complexity index is 424. The number of hydrogen-bond acceptors (Lipinski definition) is 5. The van der Waals surface area contributed by atoms with Gasteiger partial charge in [0.15, 0.2) is 0 Å². The van der Waals surface area contributed by atoms with Gasteiger partial charge in [-0.25, -0.2) is 4.98 Å². The van der Waals surface area contributed by atoms with Crippen LogP contribution in [0.5, 0.6) is 5.88 Å². The maximum absolute atomic E-state index is 11.2. The van der Waals surface area contributed by atoms with Crippen LogP contribution in [0, 0.1) is 0 Å². The molecule has 2 rings (SSSR count). The fourth-order valence-electron chi connectivity index (χ4n) is 1.77. The van der Waals surface area contributed by atoms with E-state index >= 15 is 0 Å². The number of rotatable bonds is 2. The van der Waals surface area contributed by atoms with E-state index in [1.54, 1.807) is 18.3 Å². The zero-order chi connectivity index (χ0) is 12.4. The molecule has 6 nitrogen and oxygen atoms in total. The Labute approximate surface area is 99.0 Å². The summed E-state index contributed by atoms with van der Waals surface area (Å²) in [5.41, 5.74) is 6.11. The number of carbonyl (C=O) groups excluding carboxylic acids is 1. The first-order valence-electron chi connectivity index (χ1n) is 5.38. The van der Waals surface area contributed by atoms with E-state index in [0.29, 0.717) is 18.1 Å². The SMILES string of the molecule is CC(=O)N1CC(O)C(Oc2ncccc2N)C1. The van der Waals surface area contributed by atoms with Crippen LogP contribution >= 0.6 is 0 Å². The van der Waals surface area contributed by atoms with E-state index in [1.807, 2.05) is 0 Å². The number of pyridine rings is 1. The van der Waals surface area contributed by atoms with Crippen LogP contribution in [-0.4, -0.2) is 46.2 Å². The van der Waals surface area contributed by atoms with Gasteiger partial charge in [0.05, 0.1) is 18.8 Å². The summed E-state index contributed by atoms with van der Waals surface area (Å²) >= 11 is 0. The highest BCUT2D eigenvalue weighted by Crippen LogP contribution is 2.21. The highest BCUT2D eigenvalue weighted by Gasteiger charge is 2.34. The molecule has 1 saturated heterocycles. The summed E-state index contributed by atoms with van der Waals surface area (Å²) in [4.78, 5) is 16.7. The molecule has 6 heteroatoms. The average molecular weight is 237 g/mol. The quantitative estimate of drug-likeness (QED) is 0.733. The highest BCUT2D eigenvalue weighted by atomic mass is 16.5. The second-order valence-corrected chi connectivity index (χ2v) is 4.05. The van der Waals surface area contributed by atoms with Crippen LogP contribution < -0.4 is 10.5 Å². The maximum atomic E-state index is 11.2. The number of β-amino-alcohol motifs (C(OH)–C–C–N with tert-alkyl or cyclic N) is 1. The Balaban J connectivity index is 2.05. The summed E-state index contributed by atoms with van der Waals surface area (Å²) in [6.45, 7) is 2.10. The van der Waals surface area contributed by atoms with Gasteiger partial charge in [0.25, 0.3) is 0 Å². The van der Waals surface area contributed by atoms with Crippen LogP contribution in [0.15, 0.2) is 18.3 Å². The van der Waals surface area contributed by atoms with E-state index in [0.717, 1.165) is 0 Å². The number of aliphatic hydroxyl groups excluding tert-OH is 1. The summed E-state index contributed by atoms with van der Waals surface area (Å²) in [6, 6.07) is 3.38. The lowest BCUT2D eigenvalue weighted by molar-refractivity contribution is -0.128. The third-order valence-electron chi connectivity index (χ3n) is 2.75. The molecular formula is C11H15N3O3. The summed E-state index contributed by atoms with van der Waals surface area (Å²) in [6.07, 6.45) is 0.381. The van der Waals surface area contributed by atoms with Gasteiger partial charge in [-0.05, 0) is 12.1 Å². The van der Waals surface area contributed by atoms with E-state index in [9.17, 15) is 9.90 Å². The van der Waals surface area contributed by atoms with Crippen molar-refractivity contribution in [2.45, 2.75) is 19.1 Å². The first-order valence-corrected chi connectivity index (χ1v) is 5.38. The largest absolute Gasteiger partial charge is 0.468 e. The molecule has 0 spiro atoms. The summed E-state index contributed by atoms with van der Waals surface area (Å²) < 4.78 is 5.52.